The van der Waals surface area contributed by atoms with Crippen LogP contribution in [0.25, 0.3) is 5.57 Å². The summed E-state index contributed by atoms with van der Waals surface area (Å²) >= 11 is 0. The number of amides is 1. The SMILES string of the molecule is N#CC(=CNc1cccc(N2CCOC2=O)c1)c1nn[nH]n1. The minimum absolute atomic E-state index is 0.203. The molecule has 1 amide bonds. The Hall–Kier alpha value is -3.41. The molecule has 0 aliphatic carbocycles. The van der Waals surface area contributed by atoms with Crippen molar-refractivity contribution in [2.24, 2.45) is 0 Å². The Morgan fingerprint density at radius 2 is 2.45 bits per heavy atom. The zero-order valence-corrected chi connectivity index (χ0v) is 11.4. The summed E-state index contributed by atoms with van der Waals surface area (Å²) in [6.45, 7) is 0.900. The number of aromatic nitrogens is 4. The van der Waals surface area contributed by atoms with Gasteiger partial charge < -0.3 is 10.1 Å². The van der Waals surface area contributed by atoms with Crippen LogP contribution in [0.5, 0.6) is 0 Å². The molecule has 1 aliphatic heterocycles. The number of cyclic esters (lactones) is 1. The van der Waals surface area contributed by atoms with Gasteiger partial charge in [-0.2, -0.15) is 10.5 Å². The van der Waals surface area contributed by atoms with Crippen molar-refractivity contribution in [3.05, 3.63) is 36.3 Å². The number of nitrogens with one attached hydrogen (secondary N) is 2. The van der Waals surface area contributed by atoms with E-state index in [0.717, 1.165) is 5.69 Å². The molecular formula is C13H11N7O2. The van der Waals surface area contributed by atoms with Gasteiger partial charge in [0, 0.05) is 17.6 Å². The van der Waals surface area contributed by atoms with Gasteiger partial charge in [0.1, 0.15) is 18.2 Å². The molecule has 3 rings (SSSR count). The standard InChI is InChI=1S/C13H11N7O2/c14-7-9(12-16-18-19-17-12)8-15-10-2-1-3-11(6-10)20-4-5-22-13(20)21/h1-3,6,8,15H,4-5H2,(H,16,17,18,19). The van der Waals surface area contributed by atoms with Gasteiger partial charge in [-0.05, 0) is 23.4 Å². The first-order valence-electron chi connectivity index (χ1n) is 6.43. The number of carbonyl (C=O) groups excluding carboxylic acids is 1. The lowest BCUT2D eigenvalue weighted by Gasteiger charge is -2.13. The number of hydrogen-bond donors (Lipinski definition) is 2. The molecule has 0 radical (unpaired) electrons. The number of nitriles is 1. The van der Waals surface area contributed by atoms with Gasteiger partial charge in [0.2, 0.25) is 5.82 Å². The van der Waals surface area contributed by atoms with Crippen LogP contribution in [0.2, 0.25) is 0 Å². The summed E-state index contributed by atoms with van der Waals surface area (Å²) in [5.41, 5.74) is 1.67. The predicted molar refractivity (Wildman–Crippen MR) is 76.5 cm³/mol. The third-order valence-corrected chi connectivity index (χ3v) is 3.01. The molecule has 1 saturated heterocycles. The Labute approximate surface area is 125 Å². The van der Waals surface area contributed by atoms with E-state index in [1.807, 2.05) is 18.2 Å². The molecule has 0 bridgehead atoms. The first kappa shape index (κ1) is 13.6. The third kappa shape index (κ3) is 2.71. The molecule has 1 aliphatic rings. The van der Waals surface area contributed by atoms with Crippen molar-refractivity contribution in [3.63, 3.8) is 0 Å². The van der Waals surface area contributed by atoms with E-state index in [1.54, 1.807) is 17.0 Å². The zero-order chi connectivity index (χ0) is 15.4. The number of aromatic amines is 1. The number of tetrazole rings is 1. The Bertz CT molecular complexity index is 748. The number of rotatable bonds is 4. The van der Waals surface area contributed by atoms with Crippen LogP contribution in [0.15, 0.2) is 30.5 Å². The van der Waals surface area contributed by atoms with Gasteiger partial charge in [-0.25, -0.2) is 4.79 Å². The lowest BCUT2D eigenvalue weighted by Crippen LogP contribution is -2.23. The van der Waals surface area contributed by atoms with E-state index >= 15 is 0 Å². The van der Waals surface area contributed by atoms with Gasteiger partial charge in [0.05, 0.1) is 6.54 Å². The second-order valence-corrected chi connectivity index (χ2v) is 4.37. The monoisotopic (exact) mass is 297 g/mol. The largest absolute Gasteiger partial charge is 0.447 e. The molecule has 2 heterocycles. The van der Waals surface area contributed by atoms with E-state index in [2.05, 4.69) is 25.9 Å². The summed E-state index contributed by atoms with van der Waals surface area (Å²) in [7, 11) is 0. The summed E-state index contributed by atoms with van der Waals surface area (Å²) in [5, 5.41) is 25.2. The second-order valence-electron chi connectivity index (χ2n) is 4.37. The van der Waals surface area contributed by atoms with Gasteiger partial charge in [-0.3, -0.25) is 4.90 Å². The first-order valence-corrected chi connectivity index (χ1v) is 6.43. The van der Waals surface area contributed by atoms with Crippen molar-refractivity contribution >= 4 is 23.0 Å². The molecule has 0 spiro atoms. The maximum absolute atomic E-state index is 11.6. The molecule has 1 fully saturated rings. The number of anilines is 2. The van der Waals surface area contributed by atoms with Crippen LogP contribution in [-0.2, 0) is 4.74 Å². The Morgan fingerprint density at radius 1 is 1.55 bits per heavy atom. The first-order chi connectivity index (χ1) is 10.8. The molecule has 22 heavy (non-hydrogen) atoms. The van der Waals surface area contributed by atoms with Crippen LogP contribution < -0.4 is 10.2 Å². The van der Waals surface area contributed by atoms with Crippen molar-refractivity contribution < 1.29 is 9.53 Å². The Kier molecular flexibility index (Phi) is 3.65. The number of allylic oxidation sites excluding steroid dienone is 1. The molecule has 0 saturated carbocycles. The lowest BCUT2D eigenvalue weighted by molar-refractivity contribution is 0.181. The summed E-state index contributed by atoms with van der Waals surface area (Å²) in [5.74, 6) is 0.203. The van der Waals surface area contributed by atoms with E-state index in [4.69, 9.17) is 10.00 Å². The molecule has 110 valence electrons. The zero-order valence-electron chi connectivity index (χ0n) is 11.4. The molecule has 2 aromatic rings. The van der Waals surface area contributed by atoms with Crippen LogP contribution in [0.4, 0.5) is 16.2 Å². The topological polar surface area (TPSA) is 120 Å². The number of ether oxygens (including phenoxy) is 1. The number of carbonyl (C=O) groups is 1. The van der Waals surface area contributed by atoms with Gasteiger partial charge in [-0.1, -0.05) is 6.07 Å². The summed E-state index contributed by atoms with van der Waals surface area (Å²) in [6, 6.07) is 9.19. The van der Waals surface area contributed by atoms with Crippen LogP contribution in [0.3, 0.4) is 0 Å². The van der Waals surface area contributed by atoms with E-state index in [-0.39, 0.29) is 17.5 Å². The predicted octanol–water partition coefficient (Wildman–Crippen LogP) is 1.13. The van der Waals surface area contributed by atoms with Crippen LogP contribution in [-0.4, -0.2) is 39.9 Å². The quantitative estimate of drug-likeness (QED) is 0.811. The average Bonchev–Trinajstić information content (AvgIpc) is 3.20. The second kappa shape index (κ2) is 5.92. The van der Waals surface area contributed by atoms with Crippen molar-refractivity contribution in [2.75, 3.05) is 23.4 Å². The lowest BCUT2D eigenvalue weighted by atomic mass is 10.2. The van der Waals surface area contributed by atoms with Gasteiger partial charge >= 0.3 is 6.09 Å². The smallest absolute Gasteiger partial charge is 0.414 e. The molecule has 2 N–H and O–H groups in total. The number of H-pyrrole nitrogens is 1. The highest BCUT2D eigenvalue weighted by molar-refractivity contribution is 5.90. The fraction of sp³-hybridized carbons (Fsp3) is 0.154. The minimum Gasteiger partial charge on any atom is -0.447 e. The average molecular weight is 297 g/mol. The molecule has 1 aromatic heterocycles. The molecule has 9 heteroatoms. The van der Waals surface area contributed by atoms with Crippen molar-refractivity contribution in [1.29, 1.82) is 5.26 Å². The number of nitrogens with zero attached hydrogens (tertiary/aromatic N) is 5. The highest BCUT2D eigenvalue weighted by Crippen LogP contribution is 2.22. The van der Waals surface area contributed by atoms with Crippen molar-refractivity contribution in [2.45, 2.75) is 0 Å². The highest BCUT2D eigenvalue weighted by atomic mass is 16.6. The van der Waals surface area contributed by atoms with Gasteiger partial charge in [0.15, 0.2) is 0 Å². The van der Waals surface area contributed by atoms with Crippen LogP contribution in [0, 0.1) is 11.3 Å². The fourth-order valence-corrected chi connectivity index (χ4v) is 1.97. The van der Waals surface area contributed by atoms with E-state index in [0.29, 0.717) is 18.8 Å². The van der Waals surface area contributed by atoms with Crippen molar-refractivity contribution in [3.8, 4) is 6.07 Å². The molecule has 0 atom stereocenters. The summed E-state index contributed by atoms with van der Waals surface area (Å²) < 4.78 is 4.91. The summed E-state index contributed by atoms with van der Waals surface area (Å²) in [6.07, 6.45) is 1.11. The van der Waals surface area contributed by atoms with Crippen molar-refractivity contribution in [1.82, 2.24) is 20.6 Å². The Balaban J connectivity index is 1.78. The minimum atomic E-state index is -0.364. The highest BCUT2D eigenvalue weighted by Gasteiger charge is 2.23. The fourth-order valence-electron chi connectivity index (χ4n) is 1.97. The van der Waals surface area contributed by atoms with Gasteiger partial charge in [-0.15, -0.1) is 10.2 Å². The van der Waals surface area contributed by atoms with E-state index in [9.17, 15) is 4.79 Å². The molecule has 9 nitrogen and oxygen atoms in total. The van der Waals surface area contributed by atoms with E-state index in [1.165, 1.54) is 6.20 Å². The maximum atomic E-state index is 11.6. The number of benzene rings is 1. The van der Waals surface area contributed by atoms with Crippen LogP contribution in [0.1, 0.15) is 5.82 Å². The molecule has 0 unspecified atom stereocenters. The molecule has 1 aromatic carbocycles. The normalized spacial score (nSPS) is 14.6. The molecular weight excluding hydrogens is 286 g/mol. The maximum Gasteiger partial charge on any atom is 0.414 e. The number of hydrogen-bond acceptors (Lipinski definition) is 7. The van der Waals surface area contributed by atoms with Crippen LogP contribution >= 0.6 is 0 Å². The summed E-state index contributed by atoms with van der Waals surface area (Å²) in [4.78, 5) is 13.1. The Morgan fingerprint density at radius 3 is 3.14 bits per heavy atom. The van der Waals surface area contributed by atoms with E-state index < -0.39 is 0 Å². The third-order valence-electron chi connectivity index (χ3n) is 3.01. The van der Waals surface area contributed by atoms with Gasteiger partial charge in [0.25, 0.3) is 0 Å².